The molecule has 1 unspecified atom stereocenters. The number of fused-ring (bicyclic) bond motifs is 2. The number of nitrogens with one attached hydrogen (secondary N) is 3. The maximum Gasteiger partial charge on any atom is 0.255 e. The van der Waals surface area contributed by atoms with Crippen molar-refractivity contribution < 1.29 is 26.3 Å². The smallest absolute Gasteiger partial charge is 0.255 e. The number of nitrogens with zero attached hydrogens (tertiary/aromatic N) is 7. The number of rotatable bonds is 10. The number of piperazine rings is 1. The zero-order valence-corrected chi connectivity index (χ0v) is 39.4. The number of hydrogen-bond acceptors (Lipinski definition) is 11. The molecule has 7 aliphatic rings. The summed E-state index contributed by atoms with van der Waals surface area (Å²) in [5, 5.41) is 14.7. The Balaban J connectivity index is 0.00000164. The lowest BCUT2D eigenvalue weighted by atomic mass is 9.90. The van der Waals surface area contributed by atoms with Gasteiger partial charge in [-0.3, -0.25) is 24.5 Å². The van der Waals surface area contributed by atoms with Crippen LogP contribution in [0.15, 0.2) is 47.6 Å². The summed E-state index contributed by atoms with van der Waals surface area (Å²) in [7, 11) is 1.71. The normalized spacial score (nSPS) is 23.9. The third-order valence-corrected chi connectivity index (χ3v) is 15.0. The number of aliphatic imine (C=N–C) groups is 1. The van der Waals surface area contributed by atoms with Gasteiger partial charge in [0.15, 0.2) is 11.6 Å². The number of aromatic amines is 1. The Kier molecular flexibility index (Phi) is 12.6. The minimum absolute atomic E-state index is 0. The molecule has 3 aromatic rings. The van der Waals surface area contributed by atoms with Gasteiger partial charge in [-0.15, -0.1) is 0 Å². The standard InChI is InChI=1S/C48H63FN10O4.C2H6.2H2/c1-30-39(8-9-43(60)52-30)59-27-35-33(46(59)61)6-7-40(45(35)62-5)56-16-10-32(11-17-56)26-58-21-20-55(28-47(58,2)3)25-31-12-18-57(19-13-31)42-24-38(50-29-51-42)44-34-22-41(63-48(4)14-15-48)36(49)23-37(34)53-54-44;1-2;;/h6-7,22-24,31-32,39,50H,1,8-21,25-29H2,2-5H3,(H,52,60)(H,53,54);1-2H3;2*1H. The van der Waals surface area contributed by atoms with Crippen LogP contribution in [0.25, 0.3) is 16.6 Å². The van der Waals surface area contributed by atoms with Gasteiger partial charge >= 0.3 is 0 Å². The second-order valence-corrected chi connectivity index (χ2v) is 19.9. The van der Waals surface area contributed by atoms with Crippen molar-refractivity contribution in [1.82, 2.24) is 40.4 Å². The number of carbonyl (C=O) groups excluding carboxylic acids is 2. The van der Waals surface area contributed by atoms with Crippen molar-refractivity contribution >= 4 is 39.9 Å². The molecule has 0 radical (unpaired) electrons. The highest BCUT2D eigenvalue weighted by molar-refractivity contribution is 6.03. The molecule has 2 aromatic carbocycles. The van der Waals surface area contributed by atoms with Gasteiger partial charge in [-0.25, -0.2) is 9.38 Å². The van der Waals surface area contributed by atoms with Crippen molar-refractivity contribution in [1.29, 1.82) is 0 Å². The summed E-state index contributed by atoms with van der Waals surface area (Å²) >= 11 is 0. The van der Waals surface area contributed by atoms with Crippen LogP contribution in [0.4, 0.5) is 10.1 Å². The van der Waals surface area contributed by atoms with Gasteiger partial charge < -0.3 is 34.8 Å². The monoisotopic (exact) mass is 897 g/mol. The molecule has 14 nitrogen and oxygen atoms in total. The number of H-pyrrole nitrogens is 1. The third-order valence-electron chi connectivity index (χ3n) is 15.0. The Morgan fingerprint density at radius 1 is 0.938 bits per heavy atom. The zero-order chi connectivity index (χ0) is 45.6. The first kappa shape index (κ1) is 45.0. The molecule has 65 heavy (non-hydrogen) atoms. The molecule has 1 saturated carbocycles. The van der Waals surface area contributed by atoms with Crippen LogP contribution in [0, 0.1) is 17.7 Å². The highest BCUT2D eigenvalue weighted by Gasteiger charge is 2.42. The first-order chi connectivity index (χ1) is 31.3. The van der Waals surface area contributed by atoms with Crippen molar-refractivity contribution in [2.75, 3.05) is 77.6 Å². The van der Waals surface area contributed by atoms with Crippen molar-refractivity contribution in [3.05, 3.63) is 65.3 Å². The number of amidine groups is 1. The number of ether oxygens (including phenoxy) is 2. The van der Waals surface area contributed by atoms with E-state index in [2.05, 4.69) is 73.0 Å². The first-order valence-corrected chi connectivity index (χ1v) is 24.2. The Hall–Kier alpha value is -5.15. The molecule has 1 aliphatic carbocycles. The Labute approximate surface area is 386 Å². The van der Waals surface area contributed by atoms with Gasteiger partial charge in [-0.05, 0) is 95.8 Å². The summed E-state index contributed by atoms with van der Waals surface area (Å²) in [6.07, 6.45) is 9.46. The molecule has 15 heteroatoms. The summed E-state index contributed by atoms with van der Waals surface area (Å²) in [5.41, 5.74) is 5.40. The van der Waals surface area contributed by atoms with Crippen LogP contribution in [0.5, 0.6) is 11.5 Å². The van der Waals surface area contributed by atoms with Crippen LogP contribution in [-0.2, 0) is 11.3 Å². The summed E-state index contributed by atoms with van der Waals surface area (Å²) in [6.45, 7) is 25.2. The molecule has 10 rings (SSSR count). The van der Waals surface area contributed by atoms with Crippen LogP contribution in [0.1, 0.15) is 110 Å². The molecule has 0 spiro atoms. The molecule has 3 N–H and O–H groups in total. The minimum Gasteiger partial charge on any atom is -0.494 e. The Bertz CT molecular complexity index is 2370. The van der Waals surface area contributed by atoms with Crippen LogP contribution in [0.3, 0.4) is 0 Å². The fraction of sp³-hybridized carbons (Fsp3) is 0.600. The van der Waals surface area contributed by atoms with Crippen molar-refractivity contribution in [2.24, 2.45) is 16.8 Å². The second-order valence-electron chi connectivity index (χ2n) is 19.9. The molecular formula is C50H73FN10O4. The number of anilines is 1. The van der Waals surface area contributed by atoms with E-state index in [9.17, 15) is 14.0 Å². The van der Waals surface area contributed by atoms with Crippen molar-refractivity contribution in [2.45, 2.75) is 110 Å². The minimum atomic E-state index is -0.370. The molecule has 1 atom stereocenters. The average molecular weight is 897 g/mol. The topological polar surface area (TPSA) is 134 Å². The maximum absolute atomic E-state index is 14.9. The number of amides is 2. The quantitative estimate of drug-likeness (QED) is 0.192. The largest absolute Gasteiger partial charge is 0.494 e. The lowest BCUT2D eigenvalue weighted by Gasteiger charge is -2.50. The number of hydrogen-bond donors (Lipinski definition) is 3. The number of piperidine rings is 3. The lowest BCUT2D eigenvalue weighted by Crippen LogP contribution is -2.61. The van der Waals surface area contributed by atoms with Gasteiger partial charge in [0.1, 0.15) is 29.5 Å². The molecule has 0 bridgehead atoms. The first-order valence-electron chi connectivity index (χ1n) is 24.2. The van der Waals surface area contributed by atoms with Gasteiger partial charge in [-0.2, -0.15) is 5.10 Å². The number of methoxy groups -OCH3 is 1. The molecule has 4 saturated heterocycles. The van der Waals surface area contributed by atoms with Gasteiger partial charge in [0.2, 0.25) is 5.91 Å². The fourth-order valence-electron chi connectivity index (χ4n) is 11.0. The molecule has 354 valence electrons. The summed E-state index contributed by atoms with van der Waals surface area (Å²) in [4.78, 5) is 42.4. The summed E-state index contributed by atoms with van der Waals surface area (Å²) in [6, 6.07) is 7.09. The Morgan fingerprint density at radius 2 is 1.66 bits per heavy atom. The molecule has 7 heterocycles. The predicted octanol–water partition coefficient (Wildman–Crippen LogP) is 7.23. The van der Waals surface area contributed by atoms with Gasteiger partial charge in [0.05, 0.1) is 36.6 Å². The van der Waals surface area contributed by atoms with E-state index < -0.39 is 0 Å². The van der Waals surface area contributed by atoms with Crippen molar-refractivity contribution in [3.8, 4) is 11.5 Å². The number of benzene rings is 2. The van der Waals surface area contributed by atoms with E-state index in [1.165, 1.54) is 6.07 Å². The van der Waals surface area contributed by atoms with Crippen LogP contribution in [0.2, 0.25) is 0 Å². The van der Waals surface area contributed by atoms with Crippen molar-refractivity contribution in [3.63, 3.8) is 0 Å². The average Bonchev–Trinajstić information content (AvgIpc) is 3.74. The van der Waals surface area contributed by atoms with Crippen LogP contribution >= 0.6 is 0 Å². The highest BCUT2D eigenvalue weighted by atomic mass is 19.1. The fourth-order valence-corrected chi connectivity index (χ4v) is 11.0. The third kappa shape index (κ3) is 9.19. The SMILES string of the molecule is C=C1NC(=O)CCC1N1Cc2c(ccc(N3CCC(CN4CCN(CC5CCN(C6=NCNC(c7n[nH]c8cc(F)c(OC9(C)CC9)cc78)=C6)CC5)CC4(C)C)CC3)c2OC)C1=O.CC.[HH].[HH]. The Morgan fingerprint density at radius 3 is 2.35 bits per heavy atom. The van der Waals surface area contributed by atoms with Gasteiger partial charge in [0.25, 0.3) is 5.91 Å². The number of likely N-dealkylation sites (tertiary alicyclic amines) is 1. The van der Waals surface area contributed by atoms with E-state index in [4.69, 9.17) is 14.5 Å². The molecule has 2 amide bonds. The van der Waals surface area contributed by atoms with Crippen LogP contribution < -0.4 is 25.0 Å². The van der Waals surface area contributed by atoms with E-state index in [0.717, 1.165) is 137 Å². The van der Waals surface area contributed by atoms with Crippen LogP contribution in [-0.4, -0.2) is 137 Å². The number of carbonyl (C=O) groups is 2. The number of aromatic nitrogens is 2. The predicted molar refractivity (Wildman–Crippen MR) is 258 cm³/mol. The van der Waals surface area contributed by atoms with E-state index in [-0.39, 0.29) is 43.4 Å². The van der Waals surface area contributed by atoms with Gasteiger partial charge in [-0.1, -0.05) is 20.4 Å². The van der Waals surface area contributed by atoms with E-state index in [0.29, 0.717) is 54.7 Å². The zero-order valence-electron chi connectivity index (χ0n) is 39.4. The number of halogens is 1. The summed E-state index contributed by atoms with van der Waals surface area (Å²) in [5.74, 6) is 2.91. The molecule has 5 fully saturated rings. The second kappa shape index (κ2) is 18.3. The van der Waals surface area contributed by atoms with E-state index >= 15 is 0 Å². The molecule has 1 aromatic heterocycles. The van der Waals surface area contributed by atoms with Gasteiger partial charge in [0, 0.05) is 108 Å². The highest BCUT2D eigenvalue weighted by Crippen LogP contribution is 2.43. The van der Waals surface area contributed by atoms with E-state index in [1.807, 2.05) is 31.7 Å². The maximum atomic E-state index is 14.9. The molecule has 6 aliphatic heterocycles. The lowest BCUT2D eigenvalue weighted by molar-refractivity contribution is -0.121. The molecular weight excluding hydrogens is 824 g/mol. The van der Waals surface area contributed by atoms with E-state index in [1.54, 1.807) is 13.2 Å². The summed E-state index contributed by atoms with van der Waals surface area (Å²) < 4.78 is 26.9.